The van der Waals surface area contributed by atoms with Gasteiger partial charge >= 0.3 is 12.2 Å². The predicted octanol–water partition coefficient (Wildman–Crippen LogP) is 6.55. The standard InChI is InChI=1S/C31H36F4N4O3S.H2/c1-19(2)10-16-39-28(41)25(43-29(39)22-7-5-8-23(27(22)32)31(33,34)35)18-26(40)37-14-12-21(13-15-37)38-17-11-20-6-3-4-9-24(20)36-30(38)42;/h3-9,19,21,25,29H,10-18H2,1-2H3,(H,36,42);1H. The summed E-state index contributed by atoms with van der Waals surface area (Å²) in [6.45, 7) is 5.61. The normalized spacial score (nSPS) is 21.7. The van der Waals surface area contributed by atoms with Gasteiger partial charge in [0.15, 0.2) is 0 Å². The quantitative estimate of drug-likeness (QED) is 0.356. The summed E-state index contributed by atoms with van der Waals surface area (Å²) in [4.78, 5) is 44.7. The molecule has 0 radical (unpaired) electrons. The van der Waals surface area contributed by atoms with E-state index in [0.29, 0.717) is 45.0 Å². The number of piperidine rings is 1. The van der Waals surface area contributed by atoms with Crippen molar-refractivity contribution in [2.24, 2.45) is 5.92 Å². The molecule has 2 unspecified atom stereocenters. The number of likely N-dealkylation sites (tertiary alicyclic amines) is 1. The second-order valence-corrected chi connectivity index (χ2v) is 13.0. The van der Waals surface area contributed by atoms with E-state index >= 15 is 4.39 Å². The third-order valence-corrected chi connectivity index (χ3v) is 9.91. The second kappa shape index (κ2) is 12.8. The molecule has 3 aliphatic heterocycles. The van der Waals surface area contributed by atoms with Crippen LogP contribution in [0.25, 0.3) is 0 Å². The summed E-state index contributed by atoms with van der Waals surface area (Å²) >= 11 is 1.04. The number of alkyl halides is 3. The van der Waals surface area contributed by atoms with Crippen molar-refractivity contribution in [3.05, 3.63) is 65.0 Å². The lowest BCUT2D eigenvalue weighted by atomic mass is 10.0. The minimum Gasteiger partial charge on any atom is -0.342 e. The number of fused-ring (bicyclic) bond motifs is 1. The summed E-state index contributed by atoms with van der Waals surface area (Å²) in [5.74, 6) is -1.76. The number of carbonyl (C=O) groups excluding carboxylic acids is 3. The molecule has 0 bridgehead atoms. The lowest BCUT2D eigenvalue weighted by Crippen LogP contribution is -2.50. The van der Waals surface area contributed by atoms with Gasteiger partial charge in [-0.25, -0.2) is 9.18 Å². The average Bonchev–Trinajstić information content (AvgIpc) is 3.15. The highest BCUT2D eigenvalue weighted by molar-refractivity contribution is 8.01. The molecule has 0 aliphatic carbocycles. The Labute approximate surface area is 254 Å². The van der Waals surface area contributed by atoms with Crippen LogP contribution >= 0.6 is 11.8 Å². The third-order valence-electron chi connectivity index (χ3n) is 8.44. The van der Waals surface area contributed by atoms with E-state index in [0.717, 1.165) is 35.5 Å². The Bertz CT molecular complexity index is 1370. The van der Waals surface area contributed by atoms with Crippen molar-refractivity contribution in [2.75, 3.05) is 31.5 Å². The Morgan fingerprint density at radius 3 is 2.49 bits per heavy atom. The van der Waals surface area contributed by atoms with E-state index in [1.54, 1.807) is 4.90 Å². The Hall–Kier alpha value is -3.28. The number of hydrogen-bond acceptors (Lipinski definition) is 4. The monoisotopic (exact) mass is 622 g/mol. The number of rotatable bonds is 7. The highest BCUT2D eigenvalue weighted by Crippen LogP contribution is 2.47. The topological polar surface area (TPSA) is 73.0 Å². The number of carbonyl (C=O) groups is 3. The van der Waals surface area contributed by atoms with E-state index in [1.165, 1.54) is 11.0 Å². The van der Waals surface area contributed by atoms with Gasteiger partial charge in [0.1, 0.15) is 11.2 Å². The van der Waals surface area contributed by atoms with Crippen LogP contribution in [-0.2, 0) is 22.2 Å². The molecule has 2 atom stereocenters. The zero-order valence-corrected chi connectivity index (χ0v) is 25.0. The van der Waals surface area contributed by atoms with Crippen LogP contribution < -0.4 is 5.32 Å². The maximum absolute atomic E-state index is 15.1. The molecule has 7 nitrogen and oxygen atoms in total. The number of nitrogens with zero attached hydrogens (tertiary/aromatic N) is 3. The fourth-order valence-corrected chi connectivity index (χ4v) is 7.49. The van der Waals surface area contributed by atoms with Crippen LogP contribution in [0.2, 0.25) is 0 Å². The van der Waals surface area contributed by atoms with Crippen molar-refractivity contribution < 1.29 is 33.4 Å². The fourth-order valence-electron chi connectivity index (χ4n) is 6.00. The minimum absolute atomic E-state index is 0. The maximum Gasteiger partial charge on any atom is 0.419 e. The number of hydrogen-bond donors (Lipinski definition) is 1. The Balaban J connectivity index is 0.00000442. The van der Waals surface area contributed by atoms with Crippen LogP contribution in [0.1, 0.15) is 63.0 Å². The number of anilines is 1. The fraction of sp³-hybridized carbons (Fsp3) is 0.516. The minimum atomic E-state index is -4.87. The molecular formula is C31H38F4N4O3S. The number of nitrogens with one attached hydrogen (secondary N) is 1. The first-order chi connectivity index (χ1) is 20.4. The summed E-state index contributed by atoms with van der Waals surface area (Å²) in [5, 5.41) is 1.20. The SMILES string of the molecule is CC(C)CCN1C(=O)C(CC(=O)N2CCC(N3CCc4ccccc4NC3=O)CC2)SC1c1cccc(C(F)(F)F)c1F.[HH]. The molecule has 2 saturated heterocycles. The van der Waals surface area contributed by atoms with Gasteiger partial charge in [-0.05, 0) is 49.3 Å². The second-order valence-electron chi connectivity index (χ2n) is 11.7. The Morgan fingerprint density at radius 1 is 1.07 bits per heavy atom. The van der Waals surface area contributed by atoms with E-state index in [9.17, 15) is 27.6 Å². The van der Waals surface area contributed by atoms with E-state index in [-0.39, 0.29) is 49.8 Å². The van der Waals surface area contributed by atoms with Crippen molar-refractivity contribution >= 4 is 35.3 Å². The summed E-state index contributed by atoms with van der Waals surface area (Å²) < 4.78 is 55.5. The summed E-state index contributed by atoms with van der Waals surface area (Å²) in [7, 11) is 0. The van der Waals surface area contributed by atoms with Crippen LogP contribution in [0.5, 0.6) is 0 Å². The molecule has 43 heavy (non-hydrogen) atoms. The molecule has 2 aromatic rings. The highest BCUT2D eigenvalue weighted by atomic mass is 32.2. The van der Waals surface area contributed by atoms with Crippen molar-refractivity contribution in [1.29, 1.82) is 0 Å². The number of halogens is 4. The molecule has 2 aromatic carbocycles. The van der Waals surface area contributed by atoms with Gasteiger partial charge in [-0.2, -0.15) is 13.2 Å². The van der Waals surface area contributed by atoms with E-state index in [2.05, 4.69) is 5.32 Å². The maximum atomic E-state index is 15.1. The molecule has 3 aliphatic rings. The van der Waals surface area contributed by atoms with Crippen molar-refractivity contribution in [3.8, 4) is 0 Å². The van der Waals surface area contributed by atoms with Crippen molar-refractivity contribution in [1.82, 2.24) is 14.7 Å². The molecule has 5 rings (SSSR count). The van der Waals surface area contributed by atoms with E-state index < -0.39 is 28.2 Å². The first kappa shape index (κ1) is 31.2. The van der Waals surface area contributed by atoms with Gasteiger partial charge in [-0.15, -0.1) is 11.8 Å². The lowest BCUT2D eigenvalue weighted by Gasteiger charge is -2.38. The van der Waals surface area contributed by atoms with Crippen molar-refractivity contribution in [3.63, 3.8) is 0 Å². The molecule has 12 heteroatoms. The number of benzene rings is 2. The third kappa shape index (κ3) is 6.78. The van der Waals surface area contributed by atoms with Gasteiger partial charge in [0.25, 0.3) is 0 Å². The first-order valence-corrected chi connectivity index (χ1v) is 15.6. The molecule has 1 N–H and O–H groups in total. The van der Waals surface area contributed by atoms with Crippen LogP contribution in [0, 0.1) is 11.7 Å². The Morgan fingerprint density at radius 2 is 1.79 bits per heavy atom. The molecule has 0 spiro atoms. The van der Waals surface area contributed by atoms with Gasteiger partial charge in [0, 0.05) is 51.3 Å². The zero-order chi connectivity index (χ0) is 30.9. The highest BCUT2D eigenvalue weighted by Gasteiger charge is 2.45. The molecule has 0 aromatic heterocycles. The molecule has 4 amide bonds. The zero-order valence-electron chi connectivity index (χ0n) is 24.2. The smallest absolute Gasteiger partial charge is 0.342 e. The number of urea groups is 1. The van der Waals surface area contributed by atoms with Gasteiger partial charge in [0.2, 0.25) is 11.8 Å². The van der Waals surface area contributed by atoms with Gasteiger partial charge < -0.3 is 20.0 Å². The molecule has 2 fully saturated rings. The largest absolute Gasteiger partial charge is 0.419 e. The van der Waals surface area contributed by atoms with Crippen LogP contribution in [0.15, 0.2) is 42.5 Å². The summed E-state index contributed by atoms with van der Waals surface area (Å²) in [6, 6.07) is 10.7. The number of thioether (sulfide) groups is 1. The van der Waals surface area contributed by atoms with Gasteiger partial charge in [0.05, 0.1) is 10.8 Å². The number of amides is 4. The Kier molecular flexibility index (Phi) is 9.24. The lowest BCUT2D eigenvalue weighted by molar-refractivity contribution is -0.140. The number of para-hydroxylation sites is 1. The van der Waals surface area contributed by atoms with Crippen LogP contribution in [-0.4, -0.2) is 70.0 Å². The molecule has 0 saturated carbocycles. The van der Waals surface area contributed by atoms with Crippen molar-refractivity contribution in [2.45, 2.75) is 68.8 Å². The first-order valence-electron chi connectivity index (χ1n) is 14.7. The summed E-state index contributed by atoms with van der Waals surface area (Å²) in [6.07, 6.45) is -2.47. The van der Waals surface area contributed by atoms with Gasteiger partial charge in [-0.1, -0.05) is 44.2 Å². The predicted molar refractivity (Wildman–Crippen MR) is 159 cm³/mol. The average molecular weight is 623 g/mol. The molecular weight excluding hydrogens is 584 g/mol. The van der Waals surface area contributed by atoms with Crippen LogP contribution in [0.4, 0.5) is 28.0 Å². The summed E-state index contributed by atoms with van der Waals surface area (Å²) in [5.41, 5.74) is 0.319. The molecule has 3 heterocycles. The van der Waals surface area contributed by atoms with E-state index in [1.807, 2.05) is 43.0 Å². The van der Waals surface area contributed by atoms with Crippen LogP contribution in [0.3, 0.4) is 0 Å². The van der Waals surface area contributed by atoms with Gasteiger partial charge in [-0.3, -0.25) is 9.59 Å². The molecule has 234 valence electrons. The van der Waals surface area contributed by atoms with E-state index in [4.69, 9.17) is 0 Å².